The molecule has 4 nitrogen and oxygen atoms in total. The van der Waals surface area contributed by atoms with Crippen molar-refractivity contribution < 1.29 is 4.42 Å². The highest BCUT2D eigenvalue weighted by Crippen LogP contribution is 2.63. The van der Waals surface area contributed by atoms with Crippen LogP contribution in [0.4, 0.5) is 0 Å². The second-order valence-corrected chi connectivity index (χ2v) is 16.2. The zero-order valence-corrected chi connectivity index (χ0v) is 32.5. The van der Waals surface area contributed by atoms with Gasteiger partial charge in [0.2, 0.25) is 0 Å². The van der Waals surface area contributed by atoms with Gasteiger partial charge < -0.3 is 4.42 Å². The molecule has 0 amide bonds. The van der Waals surface area contributed by atoms with Crippen molar-refractivity contribution in [2.45, 2.75) is 15.2 Å². The molecule has 10 aromatic rings. The fraction of sp³-hybridized carbons (Fsp3) is 0.0185. The average Bonchev–Trinajstić information content (AvgIpc) is 3.91. The number of furan rings is 1. The predicted molar refractivity (Wildman–Crippen MR) is 238 cm³/mol. The van der Waals surface area contributed by atoms with Crippen LogP contribution in [0.3, 0.4) is 0 Å². The van der Waals surface area contributed by atoms with Gasteiger partial charge in [-0.15, -0.1) is 0 Å². The molecule has 5 heteroatoms. The Labute approximate surface area is 345 Å². The van der Waals surface area contributed by atoms with E-state index in [1.165, 1.54) is 48.7 Å². The molecule has 0 saturated carbocycles. The molecule has 0 radical (unpaired) electrons. The van der Waals surface area contributed by atoms with Gasteiger partial charge in [0.1, 0.15) is 5.58 Å². The standard InChI is InChI=1S/C54H33N3OS/c1-3-13-35(14-4-1)51-55-52(36-15-5-2-6-16-36)57-53(56-51)41-20-12-19-39(32-41)37-17-11-18-38(31-37)40-26-28-48-46(33-40)54(44-23-9-10-24-47(44)59-48)43-22-8-7-21-42(43)49-45(54)27-25-34-29-30-58-50(34)49/h1-33H. The summed E-state index contributed by atoms with van der Waals surface area (Å²) in [5.74, 6) is 1.93. The van der Waals surface area contributed by atoms with Gasteiger partial charge in [-0.3, -0.25) is 0 Å². The molecular formula is C54H33N3OS. The van der Waals surface area contributed by atoms with Crippen LogP contribution in [0, 0.1) is 0 Å². The first-order chi connectivity index (χ1) is 29.2. The molecule has 2 aliphatic rings. The predicted octanol–water partition coefficient (Wildman–Crippen LogP) is 13.8. The number of rotatable bonds is 5. The molecule has 0 fully saturated rings. The van der Waals surface area contributed by atoms with Crippen LogP contribution in [-0.4, -0.2) is 15.0 Å². The minimum absolute atomic E-state index is 0.506. The van der Waals surface area contributed by atoms with Crippen LogP contribution < -0.4 is 0 Å². The number of aromatic nitrogens is 3. The van der Waals surface area contributed by atoms with E-state index in [1.54, 1.807) is 0 Å². The lowest BCUT2D eigenvalue weighted by atomic mass is 9.67. The van der Waals surface area contributed by atoms with E-state index in [2.05, 4.69) is 133 Å². The summed E-state index contributed by atoms with van der Waals surface area (Å²) < 4.78 is 6.25. The molecule has 1 spiro atoms. The van der Waals surface area contributed by atoms with E-state index in [1.807, 2.05) is 78.7 Å². The van der Waals surface area contributed by atoms with Crippen molar-refractivity contribution >= 4 is 22.7 Å². The van der Waals surface area contributed by atoms with E-state index in [9.17, 15) is 0 Å². The monoisotopic (exact) mass is 771 g/mol. The topological polar surface area (TPSA) is 51.8 Å². The number of hydrogen-bond donors (Lipinski definition) is 0. The maximum atomic E-state index is 6.25. The molecule has 3 heterocycles. The van der Waals surface area contributed by atoms with E-state index in [0.717, 1.165) is 44.3 Å². The fourth-order valence-electron chi connectivity index (χ4n) is 9.24. The highest BCUT2D eigenvalue weighted by atomic mass is 32.2. The zero-order valence-electron chi connectivity index (χ0n) is 31.7. The Balaban J connectivity index is 0.988. The lowest BCUT2D eigenvalue weighted by Gasteiger charge is -2.40. The van der Waals surface area contributed by atoms with Gasteiger partial charge in [-0.2, -0.15) is 0 Å². The molecule has 276 valence electrons. The molecule has 59 heavy (non-hydrogen) atoms. The summed E-state index contributed by atoms with van der Waals surface area (Å²) in [6.45, 7) is 0. The molecule has 12 rings (SSSR count). The molecule has 0 N–H and O–H groups in total. The van der Waals surface area contributed by atoms with Gasteiger partial charge in [-0.1, -0.05) is 169 Å². The van der Waals surface area contributed by atoms with Crippen molar-refractivity contribution in [3.63, 3.8) is 0 Å². The summed E-state index contributed by atoms with van der Waals surface area (Å²) >= 11 is 1.86. The van der Waals surface area contributed by atoms with Crippen LogP contribution in [0.5, 0.6) is 0 Å². The Morgan fingerprint density at radius 2 is 0.915 bits per heavy atom. The molecular weight excluding hydrogens is 739 g/mol. The fourth-order valence-corrected chi connectivity index (χ4v) is 10.4. The number of nitrogens with zero attached hydrogens (tertiary/aromatic N) is 3. The summed E-state index contributed by atoms with van der Waals surface area (Å²) in [7, 11) is 0. The Morgan fingerprint density at radius 3 is 1.63 bits per heavy atom. The molecule has 2 aromatic heterocycles. The van der Waals surface area contributed by atoms with Gasteiger partial charge in [-0.25, -0.2) is 15.0 Å². The lowest BCUT2D eigenvalue weighted by molar-refractivity contribution is 0.616. The Morgan fingerprint density at radius 1 is 0.373 bits per heavy atom. The highest BCUT2D eigenvalue weighted by Gasteiger charge is 2.51. The summed E-state index contributed by atoms with van der Waals surface area (Å²) in [6, 6.07) is 69.1. The summed E-state index contributed by atoms with van der Waals surface area (Å²) in [5, 5.41) is 1.12. The zero-order chi connectivity index (χ0) is 38.9. The van der Waals surface area contributed by atoms with Crippen molar-refractivity contribution in [1.29, 1.82) is 0 Å². The van der Waals surface area contributed by atoms with E-state index in [4.69, 9.17) is 19.4 Å². The first-order valence-corrected chi connectivity index (χ1v) is 20.6. The van der Waals surface area contributed by atoms with Gasteiger partial charge in [0.05, 0.1) is 11.7 Å². The maximum Gasteiger partial charge on any atom is 0.164 e. The molecule has 1 aliphatic heterocycles. The molecule has 0 bridgehead atoms. The second kappa shape index (κ2) is 13.4. The Bertz CT molecular complexity index is 3210. The van der Waals surface area contributed by atoms with E-state index in [-0.39, 0.29) is 0 Å². The number of benzene rings is 8. The maximum absolute atomic E-state index is 6.25. The normalized spacial score (nSPS) is 14.8. The van der Waals surface area contributed by atoms with Gasteiger partial charge in [0, 0.05) is 37.4 Å². The first kappa shape index (κ1) is 33.8. The lowest BCUT2D eigenvalue weighted by Crippen LogP contribution is -2.32. The number of hydrogen-bond acceptors (Lipinski definition) is 5. The molecule has 1 atom stereocenters. The Kier molecular flexibility index (Phi) is 7.65. The largest absolute Gasteiger partial charge is 0.464 e. The molecule has 1 unspecified atom stereocenters. The summed E-state index contributed by atoms with van der Waals surface area (Å²) in [6.07, 6.45) is 1.81. The quantitative estimate of drug-likeness (QED) is 0.174. The molecule has 8 aromatic carbocycles. The van der Waals surface area contributed by atoms with Crippen LogP contribution in [0.25, 0.3) is 78.5 Å². The van der Waals surface area contributed by atoms with Crippen LogP contribution >= 0.6 is 11.8 Å². The van der Waals surface area contributed by atoms with Crippen LogP contribution in [-0.2, 0) is 5.41 Å². The van der Waals surface area contributed by atoms with E-state index >= 15 is 0 Å². The summed E-state index contributed by atoms with van der Waals surface area (Å²) in [5.41, 5.74) is 15.4. The highest BCUT2D eigenvalue weighted by molar-refractivity contribution is 7.99. The summed E-state index contributed by atoms with van der Waals surface area (Å²) in [4.78, 5) is 17.5. The Hall–Kier alpha value is -7.34. The van der Waals surface area contributed by atoms with Crippen molar-refractivity contribution in [3.8, 4) is 67.5 Å². The SMILES string of the molecule is c1ccc(-c2nc(-c3ccccc3)nc(-c3cccc(-c4cccc(-c5ccc6c(c5)C5(c7ccccc7S6)c6ccccc6-c6c5ccc5ccoc65)c4)c3)n2)cc1. The number of fused-ring (bicyclic) bond motifs is 11. The van der Waals surface area contributed by atoms with Gasteiger partial charge in [-0.05, 0) is 86.5 Å². The van der Waals surface area contributed by atoms with Crippen molar-refractivity contribution in [3.05, 3.63) is 223 Å². The van der Waals surface area contributed by atoms with Crippen LogP contribution in [0.2, 0.25) is 0 Å². The third kappa shape index (κ3) is 5.28. The minimum atomic E-state index is -0.506. The first-order valence-electron chi connectivity index (χ1n) is 19.8. The third-order valence-corrected chi connectivity index (χ3v) is 13.0. The van der Waals surface area contributed by atoms with Gasteiger partial charge in [0.15, 0.2) is 17.5 Å². The molecule has 1 aliphatic carbocycles. The molecule has 0 saturated heterocycles. The van der Waals surface area contributed by atoms with Gasteiger partial charge >= 0.3 is 0 Å². The van der Waals surface area contributed by atoms with E-state index in [0.29, 0.717) is 17.5 Å². The van der Waals surface area contributed by atoms with E-state index < -0.39 is 5.41 Å². The smallest absolute Gasteiger partial charge is 0.164 e. The van der Waals surface area contributed by atoms with Gasteiger partial charge in [0.25, 0.3) is 0 Å². The second-order valence-electron chi connectivity index (χ2n) is 15.1. The van der Waals surface area contributed by atoms with Crippen molar-refractivity contribution in [1.82, 2.24) is 15.0 Å². The average molecular weight is 772 g/mol. The van der Waals surface area contributed by atoms with Crippen molar-refractivity contribution in [2.24, 2.45) is 0 Å². The van der Waals surface area contributed by atoms with Crippen LogP contribution in [0.15, 0.2) is 215 Å². The van der Waals surface area contributed by atoms with Crippen LogP contribution in [0.1, 0.15) is 22.3 Å². The van der Waals surface area contributed by atoms with Crippen molar-refractivity contribution in [2.75, 3.05) is 0 Å². The minimum Gasteiger partial charge on any atom is -0.464 e. The third-order valence-electron chi connectivity index (χ3n) is 11.9.